The second-order valence-electron chi connectivity index (χ2n) is 7.56. The summed E-state index contributed by atoms with van der Waals surface area (Å²) in [5.41, 5.74) is 5.54. The number of aromatic amines is 1. The molecule has 1 atom stereocenters. The third kappa shape index (κ3) is 4.00. The highest BCUT2D eigenvalue weighted by atomic mass is 35.5. The molecule has 1 aromatic carbocycles. The molecule has 0 saturated carbocycles. The van der Waals surface area contributed by atoms with Crippen LogP contribution in [0.1, 0.15) is 31.0 Å². The first-order valence-corrected chi connectivity index (χ1v) is 12.8. The fraction of sp³-hybridized carbons (Fsp3) is 0.474. The van der Waals surface area contributed by atoms with Crippen molar-refractivity contribution >= 4 is 42.2 Å². The Kier molecular flexibility index (Phi) is 5.32. The Morgan fingerprint density at radius 2 is 1.83 bits per heavy atom. The van der Waals surface area contributed by atoms with E-state index in [1.807, 2.05) is 18.2 Å². The third-order valence-corrected chi connectivity index (χ3v) is 5.87. The van der Waals surface area contributed by atoms with Gasteiger partial charge in [-0.25, -0.2) is 0 Å². The lowest BCUT2D eigenvalue weighted by Crippen LogP contribution is -2.34. The van der Waals surface area contributed by atoms with E-state index < -0.39 is 8.07 Å². The number of rotatable bonds is 2. The second-order valence-corrected chi connectivity index (χ2v) is 13.1. The van der Waals surface area contributed by atoms with Crippen LogP contribution in [-0.2, 0) is 0 Å². The lowest BCUT2D eigenvalue weighted by molar-refractivity contribution is 0.195. The zero-order chi connectivity index (χ0) is 17.3. The van der Waals surface area contributed by atoms with E-state index >= 15 is 0 Å². The topological polar surface area (TPSA) is 19.0 Å². The number of H-pyrrole nitrogens is 1. The number of nitrogens with zero attached hydrogens (tertiary/aromatic N) is 1. The van der Waals surface area contributed by atoms with Crippen LogP contribution in [0.5, 0.6) is 0 Å². The number of likely N-dealkylation sites (tertiary alicyclic amines) is 1. The summed E-state index contributed by atoms with van der Waals surface area (Å²) in [7, 11) is -1.45. The van der Waals surface area contributed by atoms with E-state index in [0.717, 1.165) is 39.7 Å². The molecule has 1 aromatic heterocycles. The average Bonchev–Trinajstić information content (AvgIpc) is 2.84. The molecule has 3 rings (SSSR count). The lowest BCUT2D eigenvalue weighted by atomic mass is 10.1. The van der Waals surface area contributed by atoms with Gasteiger partial charge in [-0.2, -0.15) is 0 Å². The number of fused-ring (bicyclic) bond motifs is 1. The van der Waals surface area contributed by atoms with Gasteiger partial charge in [0.15, 0.2) is 0 Å². The molecule has 1 aliphatic heterocycles. The van der Waals surface area contributed by atoms with Crippen LogP contribution < -0.4 is 0 Å². The molecule has 0 aliphatic carbocycles. The van der Waals surface area contributed by atoms with Crippen molar-refractivity contribution in [2.75, 3.05) is 13.1 Å². The first-order valence-electron chi connectivity index (χ1n) is 8.58. The van der Waals surface area contributed by atoms with Crippen molar-refractivity contribution in [2.45, 2.75) is 44.9 Å². The molecular formula is C19H24Cl2N2Si. The average molecular weight is 379 g/mol. The number of piperidine rings is 1. The SMILES string of the molecule is C[Si](C)(C)C#CC(c1[nH]c2cc(Cl)ccc2c1Cl)N1CCCCC1. The molecule has 2 aromatic rings. The van der Waals surface area contributed by atoms with E-state index in [1.54, 1.807) is 0 Å². The Hall–Kier alpha value is -0.923. The summed E-state index contributed by atoms with van der Waals surface area (Å²) in [4.78, 5) is 5.96. The zero-order valence-electron chi connectivity index (χ0n) is 14.5. The van der Waals surface area contributed by atoms with Gasteiger partial charge in [0.2, 0.25) is 0 Å². The Morgan fingerprint density at radius 3 is 2.50 bits per heavy atom. The second kappa shape index (κ2) is 7.13. The maximum absolute atomic E-state index is 6.72. The summed E-state index contributed by atoms with van der Waals surface area (Å²) < 4.78 is 0. The molecule has 0 radical (unpaired) electrons. The number of nitrogens with one attached hydrogen (secondary N) is 1. The molecule has 2 nitrogen and oxygen atoms in total. The fourth-order valence-electron chi connectivity index (χ4n) is 3.15. The third-order valence-electron chi connectivity index (χ3n) is 4.34. The van der Waals surface area contributed by atoms with Crippen LogP contribution in [0.15, 0.2) is 18.2 Å². The zero-order valence-corrected chi connectivity index (χ0v) is 17.1. The number of benzene rings is 1. The Morgan fingerprint density at radius 1 is 1.12 bits per heavy atom. The first kappa shape index (κ1) is 17.9. The van der Waals surface area contributed by atoms with Crippen molar-refractivity contribution in [3.05, 3.63) is 33.9 Å². The molecule has 1 saturated heterocycles. The van der Waals surface area contributed by atoms with E-state index in [9.17, 15) is 0 Å². The molecule has 1 unspecified atom stereocenters. The molecule has 1 aliphatic rings. The van der Waals surface area contributed by atoms with Gasteiger partial charge in [-0.1, -0.05) is 55.2 Å². The minimum atomic E-state index is -1.45. The minimum Gasteiger partial charge on any atom is -0.355 e. The number of halogens is 2. The molecule has 1 N–H and O–H groups in total. The van der Waals surface area contributed by atoms with E-state index in [1.165, 1.54) is 19.3 Å². The van der Waals surface area contributed by atoms with Crippen molar-refractivity contribution in [1.29, 1.82) is 0 Å². The predicted molar refractivity (Wildman–Crippen MR) is 108 cm³/mol. The van der Waals surface area contributed by atoms with Crippen LogP contribution in [-0.4, -0.2) is 31.0 Å². The number of hydrogen-bond donors (Lipinski definition) is 1. The summed E-state index contributed by atoms with van der Waals surface area (Å²) in [6.07, 6.45) is 3.77. The van der Waals surface area contributed by atoms with Gasteiger partial charge >= 0.3 is 0 Å². The summed E-state index contributed by atoms with van der Waals surface area (Å²) >= 11 is 12.8. The maximum atomic E-state index is 6.72. The van der Waals surface area contributed by atoms with Crippen LogP contribution >= 0.6 is 23.2 Å². The van der Waals surface area contributed by atoms with Crippen LogP contribution in [0.3, 0.4) is 0 Å². The van der Waals surface area contributed by atoms with Crippen LogP contribution in [0, 0.1) is 11.5 Å². The van der Waals surface area contributed by atoms with Crippen LogP contribution in [0.4, 0.5) is 0 Å². The number of aromatic nitrogens is 1. The molecule has 0 amide bonds. The lowest BCUT2D eigenvalue weighted by Gasteiger charge is -2.31. The van der Waals surface area contributed by atoms with Crippen molar-refractivity contribution in [3.8, 4) is 11.5 Å². The van der Waals surface area contributed by atoms with E-state index in [4.69, 9.17) is 23.2 Å². The summed E-state index contributed by atoms with van der Waals surface area (Å²) in [5, 5.41) is 2.52. The first-order chi connectivity index (χ1) is 11.3. The van der Waals surface area contributed by atoms with Gasteiger partial charge in [0, 0.05) is 15.9 Å². The normalized spacial score (nSPS) is 17.5. The largest absolute Gasteiger partial charge is 0.355 e. The molecule has 0 spiro atoms. The van der Waals surface area contributed by atoms with Crippen LogP contribution in [0.25, 0.3) is 10.9 Å². The maximum Gasteiger partial charge on any atom is 0.129 e. The smallest absolute Gasteiger partial charge is 0.129 e. The quantitative estimate of drug-likeness (QED) is 0.510. The molecule has 1 fully saturated rings. The monoisotopic (exact) mass is 378 g/mol. The highest BCUT2D eigenvalue weighted by Gasteiger charge is 2.25. The Balaban J connectivity index is 2.06. The van der Waals surface area contributed by atoms with E-state index in [0.29, 0.717) is 0 Å². The molecule has 2 heterocycles. The summed E-state index contributed by atoms with van der Waals surface area (Å²) in [6.45, 7) is 8.99. The highest BCUT2D eigenvalue weighted by molar-refractivity contribution is 6.83. The molecule has 24 heavy (non-hydrogen) atoms. The highest BCUT2D eigenvalue weighted by Crippen LogP contribution is 2.35. The van der Waals surface area contributed by atoms with Gasteiger partial charge in [-0.05, 0) is 44.1 Å². The van der Waals surface area contributed by atoms with Gasteiger partial charge in [0.1, 0.15) is 14.1 Å². The number of hydrogen-bond acceptors (Lipinski definition) is 1. The molecule has 5 heteroatoms. The standard InChI is InChI=1S/C19H24Cl2N2Si/c1-24(2,3)12-9-17(23-10-5-4-6-11-23)19-18(21)15-8-7-14(20)13-16(15)22-19/h7-8,13,17,22H,4-6,10-11H2,1-3H3. The molecule has 128 valence electrons. The Bertz CT molecular complexity index is 789. The van der Waals surface area contributed by atoms with E-state index in [2.05, 4.69) is 41.0 Å². The molecular weight excluding hydrogens is 355 g/mol. The van der Waals surface area contributed by atoms with Crippen LogP contribution in [0.2, 0.25) is 29.7 Å². The van der Waals surface area contributed by atoms with Gasteiger partial charge in [-0.3, -0.25) is 4.90 Å². The minimum absolute atomic E-state index is 0.0377. The van der Waals surface area contributed by atoms with Gasteiger partial charge < -0.3 is 4.98 Å². The van der Waals surface area contributed by atoms with Gasteiger partial charge in [-0.15, -0.1) is 5.54 Å². The van der Waals surface area contributed by atoms with Crippen molar-refractivity contribution in [3.63, 3.8) is 0 Å². The van der Waals surface area contributed by atoms with Crippen molar-refractivity contribution < 1.29 is 0 Å². The van der Waals surface area contributed by atoms with Gasteiger partial charge in [0.25, 0.3) is 0 Å². The Labute approximate surface area is 155 Å². The fourth-order valence-corrected chi connectivity index (χ4v) is 4.21. The van der Waals surface area contributed by atoms with Crippen molar-refractivity contribution in [1.82, 2.24) is 9.88 Å². The van der Waals surface area contributed by atoms with E-state index in [-0.39, 0.29) is 6.04 Å². The predicted octanol–water partition coefficient (Wildman–Crippen LogP) is 5.88. The molecule has 0 bridgehead atoms. The summed E-state index contributed by atoms with van der Waals surface area (Å²) in [5.74, 6) is 3.55. The summed E-state index contributed by atoms with van der Waals surface area (Å²) in [6, 6.07) is 5.84. The van der Waals surface area contributed by atoms with Gasteiger partial charge in [0.05, 0.1) is 10.7 Å². The van der Waals surface area contributed by atoms with Crippen molar-refractivity contribution in [2.24, 2.45) is 0 Å².